The van der Waals surface area contributed by atoms with E-state index in [0.717, 1.165) is 0 Å². The van der Waals surface area contributed by atoms with Crippen LogP contribution in [0, 0.1) is 0 Å². The van der Waals surface area contributed by atoms with Crippen molar-refractivity contribution in [2.75, 3.05) is 27.2 Å². The Bertz CT molecular complexity index is 178. The predicted octanol–water partition coefficient (Wildman–Crippen LogP) is 0.460. The van der Waals surface area contributed by atoms with Gasteiger partial charge in [-0.3, -0.25) is 9.59 Å². The summed E-state index contributed by atoms with van der Waals surface area (Å²) in [5.41, 5.74) is 0. The summed E-state index contributed by atoms with van der Waals surface area (Å²) in [7, 11) is 3.64. The number of hydrogen-bond acceptors (Lipinski definition) is 4. The summed E-state index contributed by atoms with van der Waals surface area (Å²) < 4.78 is 4.69. The van der Waals surface area contributed by atoms with E-state index in [0.29, 0.717) is 13.2 Å². The number of rotatable bonds is 6. The van der Waals surface area contributed by atoms with Gasteiger partial charge < -0.3 is 9.64 Å². The molecule has 0 saturated heterocycles. The van der Waals surface area contributed by atoms with Crippen molar-refractivity contribution >= 4 is 11.8 Å². The first-order valence-electron chi connectivity index (χ1n) is 4.38. The normalized spacial score (nSPS) is 10.2. The molecule has 0 aliphatic carbocycles. The molecule has 0 saturated carbocycles. The average Bonchev–Trinajstić information content (AvgIpc) is 2.00. The van der Waals surface area contributed by atoms with Crippen LogP contribution in [0.3, 0.4) is 0 Å². The lowest BCUT2D eigenvalue weighted by Crippen LogP contribution is -2.22. The van der Waals surface area contributed by atoms with Crippen molar-refractivity contribution in [2.24, 2.45) is 0 Å². The number of ether oxygens (including phenoxy) is 1. The Balaban J connectivity index is 3.52. The highest BCUT2D eigenvalue weighted by molar-refractivity contribution is 5.84. The van der Waals surface area contributed by atoms with Gasteiger partial charge in [0.25, 0.3) is 0 Å². The highest BCUT2D eigenvalue weighted by Gasteiger charge is 2.07. The van der Waals surface area contributed by atoms with E-state index >= 15 is 0 Å². The molecule has 0 unspecified atom stereocenters. The molecule has 0 aromatic rings. The SMILES string of the molecule is CCOC(=O)CCC(=O)CN(C)C. The van der Waals surface area contributed by atoms with Crippen molar-refractivity contribution in [3.63, 3.8) is 0 Å². The largest absolute Gasteiger partial charge is 0.466 e. The topological polar surface area (TPSA) is 46.6 Å². The minimum absolute atomic E-state index is 0.0676. The van der Waals surface area contributed by atoms with Gasteiger partial charge in [0.05, 0.1) is 19.6 Å². The van der Waals surface area contributed by atoms with Crippen molar-refractivity contribution in [1.82, 2.24) is 4.90 Å². The average molecular weight is 187 g/mol. The lowest BCUT2D eigenvalue weighted by molar-refractivity contribution is -0.144. The Labute approximate surface area is 78.9 Å². The lowest BCUT2D eigenvalue weighted by atomic mass is 10.2. The summed E-state index contributed by atoms with van der Waals surface area (Å²) in [4.78, 5) is 23.7. The van der Waals surface area contributed by atoms with Crippen LogP contribution in [0.5, 0.6) is 0 Å². The summed E-state index contributed by atoms with van der Waals surface area (Å²) in [6, 6.07) is 0. The fraction of sp³-hybridized carbons (Fsp3) is 0.778. The summed E-state index contributed by atoms with van der Waals surface area (Å²) in [6.07, 6.45) is 0.470. The second kappa shape index (κ2) is 6.60. The van der Waals surface area contributed by atoms with Crippen LogP contribution in [0.2, 0.25) is 0 Å². The highest BCUT2D eigenvalue weighted by atomic mass is 16.5. The van der Waals surface area contributed by atoms with Gasteiger partial charge >= 0.3 is 5.97 Å². The first kappa shape index (κ1) is 12.1. The summed E-state index contributed by atoms with van der Waals surface area (Å²) in [5.74, 6) is -0.229. The minimum atomic E-state index is -0.297. The van der Waals surface area contributed by atoms with Crippen LogP contribution in [-0.2, 0) is 14.3 Å². The number of esters is 1. The fourth-order valence-corrected chi connectivity index (χ4v) is 0.906. The number of ketones is 1. The Kier molecular flexibility index (Phi) is 6.14. The summed E-state index contributed by atoms with van der Waals surface area (Å²) in [5, 5.41) is 0. The van der Waals surface area contributed by atoms with Crippen LogP contribution in [-0.4, -0.2) is 43.9 Å². The number of carbonyl (C=O) groups is 2. The Morgan fingerprint density at radius 3 is 2.31 bits per heavy atom. The number of nitrogens with zero attached hydrogens (tertiary/aromatic N) is 1. The molecule has 0 radical (unpaired) electrons. The monoisotopic (exact) mass is 187 g/mol. The quantitative estimate of drug-likeness (QED) is 0.567. The molecule has 4 nitrogen and oxygen atoms in total. The molecule has 0 atom stereocenters. The molecule has 4 heteroatoms. The van der Waals surface area contributed by atoms with Crippen LogP contribution in [0.15, 0.2) is 0 Å². The second-order valence-electron chi connectivity index (χ2n) is 3.08. The fourth-order valence-electron chi connectivity index (χ4n) is 0.906. The summed E-state index contributed by atoms with van der Waals surface area (Å²) in [6.45, 7) is 2.51. The lowest BCUT2D eigenvalue weighted by Gasteiger charge is -2.07. The molecule has 0 aromatic carbocycles. The van der Waals surface area contributed by atoms with Gasteiger partial charge in [-0.2, -0.15) is 0 Å². The zero-order valence-electron chi connectivity index (χ0n) is 8.50. The third-order valence-corrected chi connectivity index (χ3v) is 1.41. The molecule has 0 rings (SSSR count). The zero-order valence-corrected chi connectivity index (χ0v) is 8.50. The third kappa shape index (κ3) is 7.46. The van der Waals surface area contributed by atoms with Gasteiger partial charge in [-0.1, -0.05) is 0 Å². The van der Waals surface area contributed by atoms with E-state index in [1.165, 1.54) is 0 Å². The van der Waals surface area contributed by atoms with E-state index in [-0.39, 0.29) is 24.6 Å². The molecule has 0 heterocycles. The molecule has 0 spiro atoms. The Hall–Kier alpha value is -0.900. The maximum Gasteiger partial charge on any atom is 0.306 e. The van der Waals surface area contributed by atoms with E-state index in [1.807, 2.05) is 14.1 Å². The van der Waals surface area contributed by atoms with Crippen LogP contribution in [0.4, 0.5) is 0 Å². The first-order chi connectivity index (χ1) is 6.06. The zero-order chi connectivity index (χ0) is 10.3. The molecule has 0 bridgehead atoms. The third-order valence-electron chi connectivity index (χ3n) is 1.41. The van der Waals surface area contributed by atoms with Crippen molar-refractivity contribution in [3.8, 4) is 0 Å². The standard InChI is InChI=1S/C9H17NO3/c1-4-13-9(12)6-5-8(11)7-10(2)3/h4-7H2,1-3H3. The van der Waals surface area contributed by atoms with E-state index in [9.17, 15) is 9.59 Å². The number of likely N-dealkylation sites (N-methyl/N-ethyl adjacent to an activating group) is 1. The van der Waals surface area contributed by atoms with Crippen LogP contribution in [0.1, 0.15) is 19.8 Å². The second-order valence-corrected chi connectivity index (χ2v) is 3.08. The van der Waals surface area contributed by atoms with Crippen LogP contribution >= 0.6 is 0 Å². The molecular formula is C9H17NO3. The molecule has 0 aliphatic rings. The van der Waals surface area contributed by atoms with Gasteiger partial charge in [0, 0.05) is 6.42 Å². The molecule has 0 aromatic heterocycles. The number of carbonyl (C=O) groups excluding carboxylic acids is 2. The number of hydrogen-bond donors (Lipinski definition) is 0. The molecule has 13 heavy (non-hydrogen) atoms. The van der Waals surface area contributed by atoms with E-state index < -0.39 is 0 Å². The predicted molar refractivity (Wildman–Crippen MR) is 49.4 cm³/mol. The van der Waals surface area contributed by atoms with Crippen molar-refractivity contribution in [3.05, 3.63) is 0 Å². The molecule has 0 aliphatic heterocycles. The smallest absolute Gasteiger partial charge is 0.306 e. The minimum Gasteiger partial charge on any atom is -0.466 e. The van der Waals surface area contributed by atoms with Crippen LogP contribution in [0.25, 0.3) is 0 Å². The highest BCUT2D eigenvalue weighted by Crippen LogP contribution is 1.95. The van der Waals surface area contributed by atoms with Gasteiger partial charge in [-0.15, -0.1) is 0 Å². The maximum atomic E-state index is 11.1. The van der Waals surface area contributed by atoms with Gasteiger partial charge in [0.2, 0.25) is 0 Å². The molecule has 0 amide bonds. The van der Waals surface area contributed by atoms with Crippen LogP contribution < -0.4 is 0 Å². The van der Waals surface area contributed by atoms with Gasteiger partial charge in [-0.25, -0.2) is 0 Å². The Morgan fingerprint density at radius 1 is 1.23 bits per heavy atom. The van der Waals surface area contributed by atoms with Gasteiger partial charge in [0.15, 0.2) is 0 Å². The van der Waals surface area contributed by atoms with Gasteiger partial charge in [-0.05, 0) is 21.0 Å². The van der Waals surface area contributed by atoms with Gasteiger partial charge in [0.1, 0.15) is 5.78 Å². The maximum absolute atomic E-state index is 11.1. The number of Topliss-reactive ketones (excluding diaryl/α,β-unsaturated/α-hetero) is 1. The first-order valence-corrected chi connectivity index (χ1v) is 4.38. The van der Waals surface area contributed by atoms with Crippen molar-refractivity contribution in [2.45, 2.75) is 19.8 Å². The summed E-state index contributed by atoms with van der Waals surface area (Å²) >= 11 is 0. The van der Waals surface area contributed by atoms with E-state index in [4.69, 9.17) is 4.74 Å². The molecule has 76 valence electrons. The van der Waals surface area contributed by atoms with E-state index in [1.54, 1.807) is 11.8 Å². The van der Waals surface area contributed by atoms with E-state index in [2.05, 4.69) is 0 Å². The molecule has 0 N–H and O–H groups in total. The van der Waals surface area contributed by atoms with Crippen molar-refractivity contribution in [1.29, 1.82) is 0 Å². The molecule has 0 fully saturated rings. The van der Waals surface area contributed by atoms with Crippen molar-refractivity contribution < 1.29 is 14.3 Å². The Morgan fingerprint density at radius 2 is 1.85 bits per heavy atom. The molecular weight excluding hydrogens is 170 g/mol.